The van der Waals surface area contributed by atoms with Crippen molar-refractivity contribution in [3.8, 4) is 0 Å². The molecule has 0 radical (unpaired) electrons. The molecule has 0 aliphatic heterocycles. The van der Waals surface area contributed by atoms with E-state index in [1.807, 2.05) is 0 Å². The number of ether oxygens (including phenoxy) is 1. The van der Waals surface area contributed by atoms with Crippen LogP contribution in [0.3, 0.4) is 0 Å². The van der Waals surface area contributed by atoms with Gasteiger partial charge in [-0.15, -0.1) is 0 Å². The second-order valence-electron chi connectivity index (χ2n) is 5.03. The van der Waals surface area contributed by atoms with Gasteiger partial charge in [-0.3, -0.25) is 0 Å². The van der Waals surface area contributed by atoms with Crippen molar-refractivity contribution < 1.29 is 4.74 Å². The quantitative estimate of drug-likeness (QED) is 0.573. The first kappa shape index (κ1) is 12.5. The number of hydrogen-bond acceptors (Lipinski definition) is 2. The van der Waals surface area contributed by atoms with E-state index in [0.717, 1.165) is 0 Å². The van der Waals surface area contributed by atoms with Gasteiger partial charge in [0, 0.05) is 4.90 Å². The van der Waals surface area contributed by atoms with Crippen LogP contribution in [0.1, 0.15) is 20.8 Å². The predicted octanol–water partition coefficient (Wildman–Crippen LogP) is 4.70. The summed E-state index contributed by atoms with van der Waals surface area (Å²) in [5.74, 6) is 0.696. The van der Waals surface area contributed by atoms with E-state index in [9.17, 15) is 0 Å². The third kappa shape index (κ3) is 3.76. The lowest BCUT2D eigenvalue weighted by atomic mass is 10.1. The Kier molecular flexibility index (Phi) is 3.75. The molecular weight excluding hydrogens is 228 g/mol. The minimum atomic E-state index is -0.0656. The predicted molar refractivity (Wildman–Crippen MR) is 75.5 cm³/mol. The van der Waals surface area contributed by atoms with Gasteiger partial charge in [-0.2, -0.15) is 0 Å². The van der Waals surface area contributed by atoms with Gasteiger partial charge in [0.15, 0.2) is 0 Å². The van der Waals surface area contributed by atoms with Crippen molar-refractivity contribution in [2.24, 2.45) is 0 Å². The maximum atomic E-state index is 5.71. The summed E-state index contributed by atoms with van der Waals surface area (Å²) in [6.07, 6.45) is 0. The molecule has 2 aromatic rings. The number of thioether (sulfide) groups is 1. The normalized spacial score (nSPS) is 11.9. The number of rotatable bonds is 3. The lowest BCUT2D eigenvalue weighted by Gasteiger charge is -2.19. The topological polar surface area (TPSA) is 9.23 Å². The Labute approximate surface area is 107 Å². The van der Waals surface area contributed by atoms with Gasteiger partial charge in [-0.25, -0.2) is 0 Å². The van der Waals surface area contributed by atoms with Crippen molar-refractivity contribution in [3.05, 3.63) is 42.5 Å². The molecule has 1 nitrogen and oxygen atoms in total. The summed E-state index contributed by atoms with van der Waals surface area (Å²) < 4.78 is 5.71. The second kappa shape index (κ2) is 5.11. The summed E-state index contributed by atoms with van der Waals surface area (Å²) in [4.78, 5) is 1.26. The van der Waals surface area contributed by atoms with E-state index in [1.165, 1.54) is 15.7 Å². The average molecular weight is 246 g/mol. The first-order valence-electron chi connectivity index (χ1n) is 5.80. The van der Waals surface area contributed by atoms with Crippen LogP contribution in [0.15, 0.2) is 47.4 Å². The summed E-state index contributed by atoms with van der Waals surface area (Å²) in [5, 5.41) is 2.57. The van der Waals surface area contributed by atoms with E-state index in [0.29, 0.717) is 5.94 Å². The highest BCUT2D eigenvalue weighted by molar-refractivity contribution is 7.99. The van der Waals surface area contributed by atoms with Gasteiger partial charge in [0.1, 0.15) is 0 Å². The van der Waals surface area contributed by atoms with Crippen LogP contribution in [-0.4, -0.2) is 11.5 Å². The fourth-order valence-electron chi connectivity index (χ4n) is 1.53. The van der Waals surface area contributed by atoms with Crippen LogP contribution in [0.5, 0.6) is 0 Å². The molecule has 0 amide bonds. The first-order chi connectivity index (χ1) is 8.04. The molecule has 90 valence electrons. The third-order valence-electron chi connectivity index (χ3n) is 2.44. The minimum absolute atomic E-state index is 0.0656. The van der Waals surface area contributed by atoms with E-state index >= 15 is 0 Å². The molecule has 0 bridgehead atoms. The molecule has 17 heavy (non-hydrogen) atoms. The summed E-state index contributed by atoms with van der Waals surface area (Å²) in [6, 6.07) is 14.9. The Morgan fingerprint density at radius 2 is 1.71 bits per heavy atom. The van der Waals surface area contributed by atoms with Gasteiger partial charge in [-0.05, 0) is 43.7 Å². The van der Waals surface area contributed by atoms with E-state index in [2.05, 4.69) is 63.2 Å². The van der Waals surface area contributed by atoms with Crippen molar-refractivity contribution in [1.29, 1.82) is 0 Å². The fraction of sp³-hybridized carbons (Fsp3) is 0.333. The summed E-state index contributed by atoms with van der Waals surface area (Å²) in [6.45, 7) is 6.23. The molecule has 2 heteroatoms. The van der Waals surface area contributed by atoms with Crippen LogP contribution < -0.4 is 0 Å². The molecule has 2 rings (SSSR count). The lowest BCUT2D eigenvalue weighted by Crippen LogP contribution is -2.18. The van der Waals surface area contributed by atoms with Crippen molar-refractivity contribution in [2.75, 3.05) is 5.94 Å². The van der Waals surface area contributed by atoms with E-state index in [-0.39, 0.29) is 5.60 Å². The Morgan fingerprint density at radius 1 is 1.00 bits per heavy atom. The maximum Gasteiger partial charge on any atom is 0.0974 e. The summed E-state index contributed by atoms with van der Waals surface area (Å²) in [5.41, 5.74) is -0.0656. The van der Waals surface area contributed by atoms with E-state index < -0.39 is 0 Å². The smallest absolute Gasteiger partial charge is 0.0974 e. The number of benzene rings is 2. The Bertz CT molecular complexity index is 499. The van der Waals surface area contributed by atoms with Crippen LogP contribution >= 0.6 is 11.8 Å². The van der Waals surface area contributed by atoms with Crippen LogP contribution in [0.2, 0.25) is 0 Å². The van der Waals surface area contributed by atoms with Crippen LogP contribution in [-0.2, 0) is 4.74 Å². The second-order valence-corrected chi connectivity index (χ2v) is 6.02. The van der Waals surface area contributed by atoms with Gasteiger partial charge in [0.25, 0.3) is 0 Å². The molecule has 0 saturated carbocycles. The minimum Gasteiger partial charge on any atom is -0.365 e. The Hall–Kier alpha value is -0.990. The molecular formula is C15H18OS. The van der Waals surface area contributed by atoms with Crippen molar-refractivity contribution >= 4 is 22.5 Å². The lowest BCUT2D eigenvalue weighted by molar-refractivity contribution is 0.0288. The summed E-state index contributed by atoms with van der Waals surface area (Å²) in [7, 11) is 0. The molecule has 0 aliphatic carbocycles. The molecule has 2 aromatic carbocycles. The van der Waals surface area contributed by atoms with Gasteiger partial charge in [-0.1, -0.05) is 42.1 Å². The molecule has 0 spiro atoms. The largest absolute Gasteiger partial charge is 0.365 e. The first-order valence-corrected chi connectivity index (χ1v) is 6.79. The molecule has 0 aliphatic rings. The third-order valence-corrected chi connectivity index (χ3v) is 3.26. The molecule has 0 unspecified atom stereocenters. The zero-order valence-corrected chi connectivity index (χ0v) is 11.4. The van der Waals surface area contributed by atoms with Crippen LogP contribution in [0.4, 0.5) is 0 Å². The average Bonchev–Trinajstić information content (AvgIpc) is 2.27. The van der Waals surface area contributed by atoms with Gasteiger partial charge in [0.05, 0.1) is 11.5 Å². The Morgan fingerprint density at radius 3 is 2.41 bits per heavy atom. The molecule has 0 aromatic heterocycles. The fourth-order valence-corrected chi connectivity index (χ4v) is 2.45. The SMILES string of the molecule is CC(C)(C)OCSc1ccc2ccccc2c1. The number of fused-ring (bicyclic) bond motifs is 1. The monoisotopic (exact) mass is 246 g/mol. The standard InChI is InChI=1S/C15H18OS/c1-15(2,3)16-11-17-14-9-8-12-6-4-5-7-13(12)10-14/h4-10H,11H2,1-3H3. The van der Waals surface area contributed by atoms with Crippen LogP contribution in [0.25, 0.3) is 10.8 Å². The molecule has 0 saturated heterocycles. The van der Waals surface area contributed by atoms with Crippen molar-refractivity contribution in [2.45, 2.75) is 31.3 Å². The van der Waals surface area contributed by atoms with Crippen molar-refractivity contribution in [3.63, 3.8) is 0 Å². The number of hydrogen-bond donors (Lipinski definition) is 0. The zero-order valence-electron chi connectivity index (χ0n) is 10.6. The molecule has 0 fully saturated rings. The van der Waals surface area contributed by atoms with E-state index in [1.54, 1.807) is 11.8 Å². The molecule has 0 N–H and O–H groups in total. The van der Waals surface area contributed by atoms with Gasteiger partial charge < -0.3 is 4.74 Å². The van der Waals surface area contributed by atoms with Gasteiger partial charge >= 0.3 is 0 Å². The zero-order chi connectivity index (χ0) is 12.3. The van der Waals surface area contributed by atoms with E-state index in [4.69, 9.17) is 4.74 Å². The van der Waals surface area contributed by atoms with Gasteiger partial charge in [0.2, 0.25) is 0 Å². The highest BCUT2D eigenvalue weighted by Gasteiger charge is 2.09. The van der Waals surface area contributed by atoms with Crippen molar-refractivity contribution in [1.82, 2.24) is 0 Å². The molecule has 0 atom stereocenters. The maximum absolute atomic E-state index is 5.71. The summed E-state index contributed by atoms with van der Waals surface area (Å²) >= 11 is 1.74. The highest BCUT2D eigenvalue weighted by Crippen LogP contribution is 2.24. The Balaban J connectivity index is 2.04. The molecule has 0 heterocycles. The van der Waals surface area contributed by atoms with Crippen LogP contribution in [0, 0.1) is 0 Å². The highest BCUT2D eigenvalue weighted by atomic mass is 32.2.